The largest absolute Gasteiger partial charge is 0.394 e. The Hall–Kier alpha value is -0.0800. The second kappa shape index (κ2) is 8.16. The monoisotopic (exact) mass is 255 g/mol. The maximum atomic E-state index is 9.73. The predicted molar refractivity (Wildman–Crippen MR) is 78.8 cm³/mol. The second-order valence-electron chi connectivity index (χ2n) is 6.42. The third-order valence-electron chi connectivity index (χ3n) is 4.84. The fourth-order valence-electron chi connectivity index (χ4n) is 3.01. The maximum Gasteiger partial charge on any atom is 0.0613 e. The lowest BCUT2D eigenvalue weighted by atomic mass is 9.77. The molecule has 0 amide bonds. The van der Waals surface area contributed by atoms with Crippen molar-refractivity contribution in [2.45, 2.75) is 77.7 Å². The van der Waals surface area contributed by atoms with Crippen molar-refractivity contribution in [3.8, 4) is 0 Å². The molecule has 2 nitrogen and oxygen atoms in total. The van der Waals surface area contributed by atoms with Gasteiger partial charge in [-0.2, -0.15) is 0 Å². The molecule has 0 radical (unpaired) electrons. The van der Waals surface area contributed by atoms with Gasteiger partial charge in [0.25, 0.3) is 0 Å². The zero-order valence-electron chi connectivity index (χ0n) is 12.7. The third kappa shape index (κ3) is 4.89. The molecule has 1 aliphatic rings. The van der Waals surface area contributed by atoms with Gasteiger partial charge >= 0.3 is 0 Å². The van der Waals surface area contributed by atoms with Crippen LogP contribution in [0.3, 0.4) is 0 Å². The molecule has 0 aliphatic heterocycles. The van der Waals surface area contributed by atoms with Crippen molar-refractivity contribution < 1.29 is 5.11 Å². The minimum absolute atomic E-state index is 0.0339. The molecule has 0 spiro atoms. The van der Waals surface area contributed by atoms with Crippen LogP contribution in [0.4, 0.5) is 0 Å². The van der Waals surface area contributed by atoms with Crippen LogP contribution < -0.4 is 5.32 Å². The minimum atomic E-state index is 0.0339. The number of aliphatic hydroxyl groups excluding tert-OH is 1. The molecule has 2 N–H and O–H groups in total. The lowest BCUT2D eigenvalue weighted by Crippen LogP contribution is -2.52. The molecule has 2 heteroatoms. The fourth-order valence-corrected chi connectivity index (χ4v) is 3.01. The summed E-state index contributed by atoms with van der Waals surface area (Å²) in [6.07, 6.45) is 10.0. The normalized spacial score (nSPS) is 30.3. The first-order valence-electron chi connectivity index (χ1n) is 8.01. The third-order valence-corrected chi connectivity index (χ3v) is 4.84. The lowest BCUT2D eigenvalue weighted by Gasteiger charge is -2.40. The first-order chi connectivity index (χ1) is 8.65. The van der Waals surface area contributed by atoms with E-state index in [4.69, 9.17) is 0 Å². The molecule has 1 fully saturated rings. The summed E-state index contributed by atoms with van der Waals surface area (Å²) < 4.78 is 0. The molecule has 0 saturated heterocycles. The van der Waals surface area contributed by atoms with Crippen LogP contribution in [0.1, 0.15) is 72.1 Å². The van der Waals surface area contributed by atoms with Gasteiger partial charge in [-0.3, -0.25) is 0 Å². The van der Waals surface area contributed by atoms with E-state index in [1.165, 1.54) is 38.5 Å². The van der Waals surface area contributed by atoms with Gasteiger partial charge in [-0.25, -0.2) is 0 Å². The van der Waals surface area contributed by atoms with Crippen LogP contribution in [0.15, 0.2) is 0 Å². The van der Waals surface area contributed by atoms with Crippen LogP contribution in [0, 0.1) is 11.8 Å². The quantitative estimate of drug-likeness (QED) is 0.692. The standard InChI is InChI=1S/C16H33NO/c1-4-6-7-15(5-2)12-17-16(13-18)10-8-14(3)9-11-16/h14-15,17-18H,4-13H2,1-3H3. The van der Waals surface area contributed by atoms with Crippen LogP contribution in [-0.2, 0) is 0 Å². The van der Waals surface area contributed by atoms with Gasteiger partial charge in [0.2, 0.25) is 0 Å². The van der Waals surface area contributed by atoms with Crippen molar-refractivity contribution >= 4 is 0 Å². The number of hydrogen-bond acceptors (Lipinski definition) is 2. The summed E-state index contributed by atoms with van der Waals surface area (Å²) in [5.41, 5.74) is 0.0339. The molecule has 1 rings (SSSR count). The Morgan fingerprint density at radius 3 is 2.44 bits per heavy atom. The Balaban J connectivity index is 2.37. The Morgan fingerprint density at radius 2 is 1.94 bits per heavy atom. The summed E-state index contributed by atoms with van der Waals surface area (Å²) in [5.74, 6) is 1.63. The Kier molecular flexibility index (Phi) is 7.25. The summed E-state index contributed by atoms with van der Waals surface area (Å²) in [6, 6.07) is 0. The summed E-state index contributed by atoms with van der Waals surface area (Å²) in [6.45, 7) is 8.28. The van der Waals surface area contributed by atoms with E-state index in [-0.39, 0.29) is 5.54 Å². The molecule has 0 aromatic heterocycles. The van der Waals surface area contributed by atoms with Crippen molar-refractivity contribution in [1.29, 1.82) is 0 Å². The lowest BCUT2D eigenvalue weighted by molar-refractivity contribution is 0.100. The average molecular weight is 255 g/mol. The molecule has 1 atom stereocenters. The van der Waals surface area contributed by atoms with E-state index in [0.29, 0.717) is 6.61 Å². The zero-order valence-corrected chi connectivity index (χ0v) is 12.7. The highest BCUT2D eigenvalue weighted by atomic mass is 16.3. The van der Waals surface area contributed by atoms with E-state index < -0.39 is 0 Å². The van der Waals surface area contributed by atoms with Crippen molar-refractivity contribution in [3.63, 3.8) is 0 Å². The van der Waals surface area contributed by atoms with E-state index in [0.717, 1.165) is 31.2 Å². The SMILES string of the molecule is CCCCC(CC)CNC1(CO)CCC(C)CC1. The van der Waals surface area contributed by atoms with Gasteiger partial charge < -0.3 is 10.4 Å². The van der Waals surface area contributed by atoms with Gasteiger partial charge in [-0.1, -0.05) is 40.0 Å². The highest BCUT2D eigenvalue weighted by molar-refractivity contribution is 4.92. The predicted octanol–water partition coefficient (Wildman–Crippen LogP) is 3.73. The average Bonchev–Trinajstić information content (AvgIpc) is 2.41. The molecule has 18 heavy (non-hydrogen) atoms. The van der Waals surface area contributed by atoms with Crippen LogP contribution in [0.2, 0.25) is 0 Å². The fraction of sp³-hybridized carbons (Fsp3) is 1.00. The number of nitrogens with one attached hydrogen (secondary N) is 1. The van der Waals surface area contributed by atoms with Gasteiger partial charge in [0.05, 0.1) is 6.61 Å². The Labute approximate surface area is 114 Å². The zero-order chi connectivity index (χ0) is 13.4. The molecule has 0 heterocycles. The first kappa shape index (κ1) is 16.0. The highest BCUT2D eigenvalue weighted by Crippen LogP contribution is 2.31. The highest BCUT2D eigenvalue weighted by Gasteiger charge is 2.33. The van der Waals surface area contributed by atoms with Crippen LogP contribution >= 0.6 is 0 Å². The smallest absolute Gasteiger partial charge is 0.0613 e. The number of rotatable bonds is 8. The maximum absolute atomic E-state index is 9.73. The van der Waals surface area contributed by atoms with E-state index in [1.54, 1.807) is 0 Å². The number of aliphatic hydroxyl groups is 1. The van der Waals surface area contributed by atoms with Crippen molar-refractivity contribution in [2.24, 2.45) is 11.8 Å². The van der Waals surface area contributed by atoms with Gasteiger partial charge in [0.15, 0.2) is 0 Å². The molecule has 0 bridgehead atoms. The van der Waals surface area contributed by atoms with E-state index in [1.807, 2.05) is 0 Å². The molecule has 108 valence electrons. The molecular weight excluding hydrogens is 222 g/mol. The molecular formula is C16H33NO. The number of hydrogen-bond donors (Lipinski definition) is 2. The number of unbranched alkanes of at least 4 members (excludes halogenated alkanes) is 1. The van der Waals surface area contributed by atoms with E-state index in [2.05, 4.69) is 26.1 Å². The van der Waals surface area contributed by atoms with E-state index in [9.17, 15) is 5.11 Å². The van der Waals surface area contributed by atoms with Crippen LogP contribution in [0.5, 0.6) is 0 Å². The summed E-state index contributed by atoms with van der Waals surface area (Å²) in [4.78, 5) is 0. The van der Waals surface area contributed by atoms with Gasteiger partial charge in [-0.15, -0.1) is 0 Å². The molecule has 1 aliphatic carbocycles. The molecule has 0 aromatic carbocycles. The molecule has 1 unspecified atom stereocenters. The van der Waals surface area contributed by atoms with Gasteiger partial charge in [0, 0.05) is 5.54 Å². The topological polar surface area (TPSA) is 32.3 Å². The molecule has 1 saturated carbocycles. The van der Waals surface area contributed by atoms with Crippen LogP contribution in [0.25, 0.3) is 0 Å². The summed E-state index contributed by atoms with van der Waals surface area (Å²) in [7, 11) is 0. The van der Waals surface area contributed by atoms with Crippen molar-refractivity contribution in [1.82, 2.24) is 5.32 Å². The molecule has 0 aromatic rings. The minimum Gasteiger partial charge on any atom is -0.394 e. The van der Waals surface area contributed by atoms with Crippen molar-refractivity contribution in [3.05, 3.63) is 0 Å². The summed E-state index contributed by atoms with van der Waals surface area (Å²) >= 11 is 0. The van der Waals surface area contributed by atoms with Gasteiger partial charge in [0.1, 0.15) is 0 Å². The second-order valence-corrected chi connectivity index (χ2v) is 6.42. The summed E-state index contributed by atoms with van der Waals surface area (Å²) in [5, 5.41) is 13.4. The Morgan fingerprint density at radius 1 is 1.28 bits per heavy atom. The van der Waals surface area contributed by atoms with E-state index >= 15 is 0 Å². The first-order valence-corrected chi connectivity index (χ1v) is 8.01. The van der Waals surface area contributed by atoms with Crippen LogP contribution in [-0.4, -0.2) is 23.8 Å². The Bertz CT molecular complexity index is 209. The van der Waals surface area contributed by atoms with Crippen molar-refractivity contribution in [2.75, 3.05) is 13.2 Å². The van der Waals surface area contributed by atoms with Gasteiger partial charge in [-0.05, 0) is 50.5 Å².